The van der Waals surface area contributed by atoms with Gasteiger partial charge in [0.25, 0.3) is 10.0 Å². The number of hydrogen-bond acceptors (Lipinski definition) is 8. The molecule has 2 aromatic rings. The Hall–Kier alpha value is -2.08. The van der Waals surface area contributed by atoms with Gasteiger partial charge in [-0.25, -0.2) is 13.1 Å². The van der Waals surface area contributed by atoms with Crippen LogP contribution in [0.2, 0.25) is 0 Å². The van der Waals surface area contributed by atoms with Gasteiger partial charge in [-0.15, -0.1) is 10.2 Å². The number of ether oxygens (including phenoxy) is 1. The van der Waals surface area contributed by atoms with E-state index in [1.807, 2.05) is 24.3 Å². The van der Waals surface area contributed by atoms with Gasteiger partial charge in [0.05, 0.1) is 13.2 Å². The second kappa shape index (κ2) is 8.08. The number of carbonyl (C=O) groups excluding carboxylic acids is 1. The number of carbonyl (C=O) groups is 1. The summed E-state index contributed by atoms with van der Waals surface area (Å²) in [7, 11) is -3.79. The zero-order valence-electron chi connectivity index (χ0n) is 14.1. The van der Waals surface area contributed by atoms with Gasteiger partial charge in [-0.2, -0.15) is 0 Å². The molecule has 1 amide bonds. The summed E-state index contributed by atoms with van der Waals surface area (Å²) in [6, 6.07) is 7.70. The monoisotopic (exact) mass is 397 g/mol. The van der Waals surface area contributed by atoms with E-state index in [1.54, 1.807) is 0 Å². The van der Waals surface area contributed by atoms with Gasteiger partial charge in [-0.1, -0.05) is 23.5 Å². The maximum Gasteiger partial charge on any atom is 0.270 e. The maximum atomic E-state index is 12.3. The molecule has 1 saturated heterocycles. The quantitative estimate of drug-likeness (QED) is 0.694. The molecule has 1 fully saturated rings. The van der Waals surface area contributed by atoms with Crippen LogP contribution in [0.4, 0.5) is 10.8 Å². The van der Waals surface area contributed by atoms with Crippen molar-refractivity contribution >= 4 is 38.1 Å². The highest BCUT2D eigenvalue weighted by atomic mass is 32.2. The van der Waals surface area contributed by atoms with E-state index in [9.17, 15) is 13.2 Å². The third-order valence-electron chi connectivity index (χ3n) is 3.70. The standard InChI is InChI=1S/C15H19N5O4S2/c1-11(21)17-14-18-19-15(25-14)26(22,23)16-10-12-2-4-13(5-3-12)20-6-8-24-9-7-20/h2-5,16H,6-10H2,1H3,(H,17,18,21). The number of benzene rings is 1. The average molecular weight is 397 g/mol. The Bertz CT molecular complexity index is 860. The first-order chi connectivity index (χ1) is 12.4. The fourth-order valence-electron chi connectivity index (χ4n) is 2.41. The van der Waals surface area contributed by atoms with Crippen molar-refractivity contribution in [3.8, 4) is 0 Å². The number of nitrogens with one attached hydrogen (secondary N) is 2. The van der Waals surface area contributed by atoms with E-state index in [2.05, 4.69) is 25.1 Å². The summed E-state index contributed by atoms with van der Waals surface area (Å²) in [5.41, 5.74) is 1.92. The van der Waals surface area contributed by atoms with Crippen molar-refractivity contribution in [1.82, 2.24) is 14.9 Å². The van der Waals surface area contributed by atoms with E-state index in [-0.39, 0.29) is 21.9 Å². The minimum atomic E-state index is -3.79. The molecule has 0 atom stereocenters. The van der Waals surface area contributed by atoms with Gasteiger partial charge in [0.15, 0.2) is 0 Å². The lowest BCUT2D eigenvalue weighted by Gasteiger charge is -2.28. The van der Waals surface area contributed by atoms with Crippen LogP contribution in [0.5, 0.6) is 0 Å². The Kier molecular flexibility index (Phi) is 5.81. The molecule has 0 bridgehead atoms. The zero-order chi connectivity index (χ0) is 18.6. The van der Waals surface area contributed by atoms with Gasteiger partial charge in [0.2, 0.25) is 15.4 Å². The molecule has 1 aromatic heterocycles. The molecule has 0 saturated carbocycles. The fraction of sp³-hybridized carbons (Fsp3) is 0.400. The van der Waals surface area contributed by atoms with Crippen LogP contribution >= 0.6 is 11.3 Å². The minimum absolute atomic E-state index is 0.140. The topological polar surface area (TPSA) is 114 Å². The summed E-state index contributed by atoms with van der Waals surface area (Å²) in [5.74, 6) is -0.335. The molecule has 140 valence electrons. The number of nitrogens with zero attached hydrogens (tertiary/aromatic N) is 3. The number of hydrogen-bond donors (Lipinski definition) is 2. The van der Waals surface area contributed by atoms with Crippen molar-refractivity contribution in [3.05, 3.63) is 29.8 Å². The van der Waals surface area contributed by atoms with Gasteiger partial charge in [0.1, 0.15) is 0 Å². The Balaban J connectivity index is 1.60. The lowest BCUT2D eigenvalue weighted by Crippen LogP contribution is -2.36. The lowest BCUT2D eigenvalue weighted by atomic mass is 10.2. The van der Waals surface area contributed by atoms with E-state index in [0.717, 1.165) is 35.7 Å². The molecular weight excluding hydrogens is 378 g/mol. The first kappa shape index (κ1) is 18.7. The molecule has 9 nitrogen and oxygen atoms in total. The molecule has 26 heavy (non-hydrogen) atoms. The van der Waals surface area contributed by atoms with Crippen LogP contribution in [0.25, 0.3) is 0 Å². The first-order valence-corrected chi connectivity index (χ1v) is 10.3. The van der Waals surface area contributed by atoms with Crippen molar-refractivity contribution < 1.29 is 17.9 Å². The number of morpholine rings is 1. The molecule has 2 heterocycles. The lowest BCUT2D eigenvalue weighted by molar-refractivity contribution is -0.114. The summed E-state index contributed by atoms with van der Waals surface area (Å²) in [5, 5.41) is 9.81. The number of rotatable bonds is 6. The van der Waals surface area contributed by atoms with Crippen LogP contribution in [-0.4, -0.2) is 50.8 Å². The predicted molar refractivity (Wildman–Crippen MR) is 97.7 cm³/mol. The van der Waals surface area contributed by atoms with Gasteiger partial charge in [0, 0.05) is 32.2 Å². The minimum Gasteiger partial charge on any atom is -0.378 e. The molecule has 0 aliphatic carbocycles. The second-order valence-electron chi connectivity index (χ2n) is 5.64. The normalized spacial score (nSPS) is 15.0. The molecule has 0 unspecified atom stereocenters. The molecule has 1 aromatic carbocycles. The van der Waals surface area contributed by atoms with Crippen molar-refractivity contribution in [1.29, 1.82) is 0 Å². The molecule has 0 radical (unpaired) electrons. The highest BCUT2D eigenvalue weighted by Crippen LogP contribution is 2.20. The van der Waals surface area contributed by atoms with Crippen molar-refractivity contribution in [2.45, 2.75) is 17.8 Å². The molecular formula is C15H19N5O4S2. The van der Waals surface area contributed by atoms with Crippen LogP contribution < -0.4 is 14.9 Å². The van der Waals surface area contributed by atoms with E-state index in [1.165, 1.54) is 6.92 Å². The van der Waals surface area contributed by atoms with E-state index in [4.69, 9.17) is 4.74 Å². The van der Waals surface area contributed by atoms with Crippen molar-refractivity contribution in [2.75, 3.05) is 36.5 Å². The second-order valence-corrected chi connectivity index (χ2v) is 8.56. The number of amides is 1. The van der Waals surface area contributed by atoms with E-state index < -0.39 is 10.0 Å². The maximum absolute atomic E-state index is 12.3. The third kappa shape index (κ3) is 4.75. The molecule has 1 aliphatic heterocycles. The fourth-order valence-corrected chi connectivity index (χ4v) is 4.41. The number of aromatic nitrogens is 2. The average Bonchev–Trinajstić information content (AvgIpc) is 3.10. The number of sulfonamides is 1. The first-order valence-electron chi connectivity index (χ1n) is 7.96. The van der Waals surface area contributed by atoms with Gasteiger partial charge in [-0.3, -0.25) is 4.79 Å². The molecule has 2 N–H and O–H groups in total. The van der Waals surface area contributed by atoms with E-state index >= 15 is 0 Å². The summed E-state index contributed by atoms with van der Waals surface area (Å²) < 4.78 is 32.2. The Morgan fingerprint density at radius 3 is 2.58 bits per heavy atom. The van der Waals surface area contributed by atoms with Crippen LogP contribution in [-0.2, 0) is 26.1 Å². The molecule has 3 rings (SSSR count). The Morgan fingerprint density at radius 1 is 1.23 bits per heavy atom. The Labute approximate surface area is 155 Å². The summed E-state index contributed by atoms with van der Waals surface area (Å²) in [4.78, 5) is 13.2. The van der Waals surface area contributed by atoms with Crippen LogP contribution in [0, 0.1) is 0 Å². The Morgan fingerprint density at radius 2 is 1.92 bits per heavy atom. The molecule has 11 heteroatoms. The van der Waals surface area contributed by atoms with Crippen LogP contribution in [0.3, 0.4) is 0 Å². The molecule has 1 aliphatic rings. The van der Waals surface area contributed by atoms with Crippen molar-refractivity contribution in [3.63, 3.8) is 0 Å². The van der Waals surface area contributed by atoms with Crippen LogP contribution in [0.15, 0.2) is 28.6 Å². The number of anilines is 2. The van der Waals surface area contributed by atoms with Gasteiger partial charge in [-0.05, 0) is 17.7 Å². The predicted octanol–water partition coefficient (Wildman–Crippen LogP) is 0.812. The van der Waals surface area contributed by atoms with Gasteiger partial charge >= 0.3 is 0 Å². The highest BCUT2D eigenvalue weighted by Gasteiger charge is 2.20. The molecule has 0 spiro atoms. The zero-order valence-corrected chi connectivity index (χ0v) is 15.8. The summed E-state index contributed by atoms with van der Waals surface area (Å²) >= 11 is 0.801. The SMILES string of the molecule is CC(=O)Nc1nnc(S(=O)(=O)NCc2ccc(N3CCOCC3)cc2)s1. The third-order valence-corrected chi connectivity index (χ3v) is 6.31. The largest absolute Gasteiger partial charge is 0.378 e. The van der Waals surface area contributed by atoms with Crippen molar-refractivity contribution in [2.24, 2.45) is 0 Å². The summed E-state index contributed by atoms with van der Waals surface area (Å²) in [6.07, 6.45) is 0. The van der Waals surface area contributed by atoms with Crippen LogP contribution in [0.1, 0.15) is 12.5 Å². The van der Waals surface area contributed by atoms with E-state index in [0.29, 0.717) is 13.2 Å². The smallest absolute Gasteiger partial charge is 0.270 e. The van der Waals surface area contributed by atoms with Gasteiger partial charge < -0.3 is 15.0 Å². The summed E-state index contributed by atoms with van der Waals surface area (Å²) in [6.45, 7) is 4.57. The highest BCUT2D eigenvalue weighted by molar-refractivity contribution is 7.91.